The predicted molar refractivity (Wildman–Crippen MR) is 44.5 cm³/mol. The van der Waals surface area contributed by atoms with Crippen LogP contribution in [0.2, 0.25) is 0 Å². The van der Waals surface area contributed by atoms with Gasteiger partial charge in [0.15, 0.2) is 0 Å². The second-order valence-corrected chi connectivity index (χ2v) is 2.17. The second kappa shape index (κ2) is 6.39. The van der Waals surface area contributed by atoms with Crippen LogP contribution in [0.15, 0.2) is 12.7 Å². The van der Waals surface area contributed by atoms with E-state index in [0.717, 1.165) is 0 Å². The Morgan fingerprint density at radius 1 is 1.58 bits per heavy atom. The van der Waals surface area contributed by atoms with Crippen LogP contribution in [0.3, 0.4) is 0 Å². The van der Waals surface area contributed by atoms with Crippen LogP contribution in [-0.4, -0.2) is 25.5 Å². The number of carbonyl (C=O) groups excluding carboxylic acids is 2. The van der Waals surface area contributed by atoms with E-state index in [1.54, 1.807) is 0 Å². The Hall–Kier alpha value is -1.32. The van der Waals surface area contributed by atoms with E-state index in [-0.39, 0.29) is 24.7 Å². The predicted octanol–water partition coefficient (Wildman–Crippen LogP) is 0.242. The van der Waals surface area contributed by atoms with Crippen molar-refractivity contribution in [1.82, 2.24) is 5.32 Å². The zero-order chi connectivity index (χ0) is 9.40. The summed E-state index contributed by atoms with van der Waals surface area (Å²) in [5.74, 6) is -0.456. The molecule has 0 atom stereocenters. The van der Waals surface area contributed by atoms with Crippen LogP contribution in [0, 0.1) is 0 Å². The Bertz CT molecular complexity index is 177. The molecule has 4 heteroatoms. The van der Waals surface area contributed by atoms with Crippen LogP contribution in [-0.2, 0) is 14.3 Å². The fourth-order valence-electron chi connectivity index (χ4n) is 0.609. The lowest BCUT2D eigenvalue weighted by Crippen LogP contribution is -2.25. The van der Waals surface area contributed by atoms with Gasteiger partial charge in [0.2, 0.25) is 5.91 Å². The third kappa shape index (κ3) is 5.46. The van der Waals surface area contributed by atoms with E-state index in [2.05, 4.69) is 16.6 Å². The SMILES string of the molecule is C=CCC(=O)NCCC(=O)OC. The number of hydrogen-bond acceptors (Lipinski definition) is 3. The fourth-order valence-corrected chi connectivity index (χ4v) is 0.609. The van der Waals surface area contributed by atoms with Crippen LogP contribution in [0.25, 0.3) is 0 Å². The first-order valence-corrected chi connectivity index (χ1v) is 3.65. The lowest BCUT2D eigenvalue weighted by Gasteiger charge is -2.01. The molecular formula is C8H13NO3. The van der Waals surface area contributed by atoms with Crippen molar-refractivity contribution in [2.75, 3.05) is 13.7 Å². The quantitative estimate of drug-likeness (QED) is 0.476. The number of hydrogen-bond donors (Lipinski definition) is 1. The van der Waals surface area contributed by atoms with E-state index in [0.29, 0.717) is 6.54 Å². The zero-order valence-electron chi connectivity index (χ0n) is 7.13. The normalized spacial score (nSPS) is 8.75. The number of nitrogens with one attached hydrogen (secondary N) is 1. The molecule has 68 valence electrons. The van der Waals surface area contributed by atoms with Gasteiger partial charge in [-0.15, -0.1) is 6.58 Å². The van der Waals surface area contributed by atoms with Crippen molar-refractivity contribution in [1.29, 1.82) is 0 Å². The first kappa shape index (κ1) is 10.7. The third-order valence-corrected chi connectivity index (χ3v) is 1.21. The number of carbonyl (C=O) groups is 2. The molecule has 4 nitrogen and oxygen atoms in total. The summed E-state index contributed by atoms with van der Waals surface area (Å²) in [4.78, 5) is 21.3. The molecule has 0 rings (SSSR count). The van der Waals surface area contributed by atoms with Crippen molar-refractivity contribution in [3.05, 3.63) is 12.7 Å². The molecule has 1 N–H and O–H groups in total. The van der Waals surface area contributed by atoms with Gasteiger partial charge >= 0.3 is 5.97 Å². The summed E-state index contributed by atoms with van der Waals surface area (Å²) in [6.45, 7) is 3.73. The van der Waals surface area contributed by atoms with Gasteiger partial charge in [-0.1, -0.05) is 6.08 Å². The summed E-state index contributed by atoms with van der Waals surface area (Å²) >= 11 is 0. The second-order valence-electron chi connectivity index (χ2n) is 2.17. The van der Waals surface area contributed by atoms with Crippen LogP contribution >= 0.6 is 0 Å². The van der Waals surface area contributed by atoms with Gasteiger partial charge in [-0.05, 0) is 0 Å². The van der Waals surface area contributed by atoms with Gasteiger partial charge in [0, 0.05) is 13.0 Å². The molecule has 12 heavy (non-hydrogen) atoms. The number of esters is 1. The van der Waals surface area contributed by atoms with Gasteiger partial charge in [0.05, 0.1) is 13.5 Å². The molecule has 0 aliphatic heterocycles. The largest absolute Gasteiger partial charge is 0.469 e. The molecule has 0 radical (unpaired) electrons. The minimum Gasteiger partial charge on any atom is -0.469 e. The minimum atomic E-state index is -0.325. The van der Waals surface area contributed by atoms with Crippen molar-refractivity contribution in [2.45, 2.75) is 12.8 Å². The first-order valence-electron chi connectivity index (χ1n) is 3.65. The summed E-state index contributed by atoms with van der Waals surface area (Å²) in [7, 11) is 1.31. The third-order valence-electron chi connectivity index (χ3n) is 1.21. The number of amides is 1. The molecule has 0 saturated carbocycles. The van der Waals surface area contributed by atoms with E-state index in [4.69, 9.17) is 0 Å². The van der Waals surface area contributed by atoms with Crippen LogP contribution in [0.5, 0.6) is 0 Å². The summed E-state index contributed by atoms with van der Waals surface area (Å²) in [6, 6.07) is 0. The average molecular weight is 171 g/mol. The highest BCUT2D eigenvalue weighted by molar-refractivity contribution is 5.78. The molecule has 1 amide bonds. The molecule has 0 unspecified atom stereocenters. The molecule has 0 aliphatic rings. The first-order chi connectivity index (χ1) is 5.70. The van der Waals surface area contributed by atoms with E-state index >= 15 is 0 Å². The molecule has 0 aliphatic carbocycles. The molecule has 0 heterocycles. The lowest BCUT2D eigenvalue weighted by atomic mass is 10.3. The lowest BCUT2D eigenvalue weighted by molar-refractivity contribution is -0.140. The molecular weight excluding hydrogens is 158 g/mol. The summed E-state index contributed by atoms with van der Waals surface area (Å²) in [6.07, 6.45) is 1.99. The van der Waals surface area contributed by atoms with Crippen LogP contribution < -0.4 is 5.32 Å². The number of ether oxygens (including phenoxy) is 1. The highest BCUT2D eigenvalue weighted by Crippen LogP contribution is 1.83. The molecule has 0 aromatic rings. The van der Waals surface area contributed by atoms with Crippen LogP contribution in [0.4, 0.5) is 0 Å². The fraction of sp³-hybridized carbons (Fsp3) is 0.500. The highest BCUT2D eigenvalue weighted by Gasteiger charge is 2.01. The smallest absolute Gasteiger partial charge is 0.307 e. The molecule has 0 bridgehead atoms. The Kier molecular flexibility index (Phi) is 5.69. The molecule has 0 spiro atoms. The monoisotopic (exact) mass is 171 g/mol. The van der Waals surface area contributed by atoms with Gasteiger partial charge in [0.25, 0.3) is 0 Å². The van der Waals surface area contributed by atoms with Crippen LogP contribution in [0.1, 0.15) is 12.8 Å². The maximum absolute atomic E-state index is 10.8. The molecule has 0 saturated heterocycles. The molecule has 0 aromatic carbocycles. The van der Waals surface area contributed by atoms with E-state index < -0.39 is 0 Å². The van der Waals surface area contributed by atoms with E-state index in [1.807, 2.05) is 0 Å². The Balaban J connectivity index is 3.36. The maximum atomic E-state index is 10.8. The van der Waals surface area contributed by atoms with Crippen molar-refractivity contribution < 1.29 is 14.3 Å². The number of methoxy groups -OCH3 is 1. The standard InChI is InChI=1S/C8H13NO3/c1-3-4-7(10)9-6-5-8(11)12-2/h3H,1,4-6H2,2H3,(H,9,10). The van der Waals surface area contributed by atoms with Gasteiger partial charge in [0.1, 0.15) is 0 Å². The van der Waals surface area contributed by atoms with Crippen molar-refractivity contribution >= 4 is 11.9 Å². The summed E-state index contributed by atoms with van der Waals surface area (Å²) in [5.41, 5.74) is 0. The average Bonchev–Trinajstić information content (AvgIpc) is 2.04. The van der Waals surface area contributed by atoms with Gasteiger partial charge in [-0.3, -0.25) is 9.59 Å². The van der Waals surface area contributed by atoms with E-state index in [1.165, 1.54) is 13.2 Å². The maximum Gasteiger partial charge on any atom is 0.307 e. The van der Waals surface area contributed by atoms with Gasteiger partial charge < -0.3 is 10.1 Å². The summed E-state index contributed by atoms with van der Waals surface area (Å²) in [5, 5.41) is 2.54. The highest BCUT2D eigenvalue weighted by atomic mass is 16.5. The zero-order valence-corrected chi connectivity index (χ0v) is 7.13. The Labute approximate surface area is 71.6 Å². The number of rotatable bonds is 5. The van der Waals surface area contributed by atoms with Crippen molar-refractivity contribution in [3.8, 4) is 0 Å². The van der Waals surface area contributed by atoms with Crippen molar-refractivity contribution in [3.63, 3.8) is 0 Å². The van der Waals surface area contributed by atoms with Gasteiger partial charge in [-0.25, -0.2) is 0 Å². The Morgan fingerprint density at radius 3 is 2.75 bits per heavy atom. The van der Waals surface area contributed by atoms with Crippen molar-refractivity contribution in [2.24, 2.45) is 0 Å². The minimum absolute atomic E-state index is 0.131. The summed E-state index contributed by atoms with van der Waals surface area (Å²) < 4.78 is 4.38. The topological polar surface area (TPSA) is 55.4 Å². The molecule has 0 fully saturated rings. The molecule has 0 aromatic heterocycles. The van der Waals surface area contributed by atoms with Gasteiger partial charge in [-0.2, -0.15) is 0 Å². The Morgan fingerprint density at radius 2 is 2.25 bits per heavy atom. The van der Waals surface area contributed by atoms with E-state index in [9.17, 15) is 9.59 Å².